The van der Waals surface area contributed by atoms with Gasteiger partial charge in [-0.05, 0) is 25.7 Å². The summed E-state index contributed by atoms with van der Waals surface area (Å²) in [4.78, 5) is 0. The maximum Gasteiger partial charge on any atom is 0.0466 e. The molecule has 0 aliphatic rings. The largest absolute Gasteiger partial charge is 0.381 e. The topological polar surface area (TPSA) is 18.5 Å². The lowest BCUT2D eigenvalue weighted by atomic mass is 10.1. The molecule has 0 aliphatic heterocycles. The fourth-order valence-electron chi connectivity index (χ4n) is 4.17. The first-order chi connectivity index (χ1) is 15.4. The van der Waals surface area contributed by atoms with E-state index in [9.17, 15) is 0 Å². The molecule has 0 aliphatic carbocycles. The normalized spacial score (nSPS) is 11.4. The van der Waals surface area contributed by atoms with Crippen LogP contribution in [0.25, 0.3) is 0 Å². The molecule has 188 valence electrons. The van der Waals surface area contributed by atoms with Crippen LogP contribution in [0.15, 0.2) is 0 Å². The summed E-state index contributed by atoms with van der Waals surface area (Å²) in [7, 11) is 0. The smallest absolute Gasteiger partial charge is 0.0466 e. The van der Waals surface area contributed by atoms with Crippen LogP contribution < -0.4 is 0 Å². The predicted molar refractivity (Wildman–Crippen MR) is 139 cm³/mol. The van der Waals surface area contributed by atoms with E-state index >= 15 is 0 Å². The molecule has 2 nitrogen and oxygen atoms in total. The molecule has 0 aromatic carbocycles. The Morgan fingerprint density at radius 3 is 0.677 bits per heavy atom. The van der Waals surface area contributed by atoms with Crippen molar-refractivity contribution in [3.63, 3.8) is 0 Å². The highest BCUT2D eigenvalue weighted by atomic mass is 16.5. The minimum absolute atomic E-state index is 0.964. The maximum atomic E-state index is 5.79. The van der Waals surface area contributed by atoms with E-state index in [2.05, 4.69) is 13.8 Å². The zero-order valence-electron chi connectivity index (χ0n) is 21.9. The Balaban J connectivity index is 2.98. The quantitative estimate of drug-likeness (QED) is 0.113. The van der Waals surface area contributed by atoms with Crippen molar-refractivity contribution < 1.29 is 9.47 Å². The molecule has 0 atom stereocenters. The number of hydrogen-bond donors (Lipinski definition) is 0. The van der Waals surface area contributed by atoms with Gasteiger partial charge in [0.2, 0.25) is 0 Å². The van der Waals surface area contributed by atoms with Gasteiger partial charge >= 0.3 is 0 Å². The fourth-order valence-corrected chi connectivity index (χ4v) is 4.17. The van der Waals surface area contributed by atoms with Gasteiger partial charge in [0.25, 0.3) is 0 Å². The van der Waals surface area contributed by atoms with Crippen molar-refractivity contribution in [1.82, 2.24) is 0 Å². The first-order valence-corrected chi connectivity index (χ1v) is 14.6. The highest BCUT2D eigenvalue weighted by molar-refractivity contribution is 4.49. The summed E-state index contributed by atoms with van der Waals surface area (Å²) in [6.07, 6.45) is 31.5. The average molecular weight is 441 g/mol. The van der Waals surface area contributed by atoms with Gasteiger partial charge in [0, 0.05) is 26.4 Å². The van der Waals surface area contributed by atoms with Gasteiger partial charge in [-0.25, -0.2) is 0 Å². The van der Waals surface area contributed by atoms with Crippen molar-refractivity contribution in [3.05, 3.63) is 0 Å². The third kappa shape index (κ3) is 29.9. The van der Waals surface area contributed by atoms with Gasteiger partial charge in [-0.3, -0.25) is 0 Å². The average Bonchev–Trinajstić information content (AvgIpc) is 2.78. The molecular weight excluding hydrogens is 380 g/mol. The molecule has 0 N–H and O–H groups in total. The van der Waals surface area contributed by atoms with Crippen molar-refractivity contribution in [2.24, 2.45) is 0 Å². The van der Waals surface area contributed by atoms with E-state index in [4.69, 9.17) is 9.47 Å². The van der Waals surface area contributed by atoms with Crippen molar-refractivity contribution in [2.75, 3.05) is 26.4 Å². The molecule has 0 radical (unpaired) electrons. The third-order valence-corrected chi connectivity index (χ3v) is 6.36. The zero-order valence-corrected chi connectivity index (χ0v) is 21.9. The lowest BCUT2D eigenvalue weighted by Crippen LogP contribution is -1.98. The van der Waals surface area contributed by atoms with Crippen molar-refractivity contribution in [3.8, 4) is 0 Å². The van der Waals surface area contributed by atoms with Crippen LogP contribution in [0, 0.1) is 0 Å². The van der Waals surface area contributed by atoms with Crippen LogP contribution >= 0.6 is 0 Å². The Hall–Kier alpha value is -0.0800. The Bertz CT molecular complexity index is 264. The van der Waals surface area contributed by atoms with Crippen molar-refractivity contribution in [2.45, 2.75) is 162 Å². The standard InChI is InChI=1S/C29H60O2/c1-3-5-7-9-11-13-15-18-22-26-30-28-24-20-17-21-25-29-31-27-23-19-16-14-12-10-8-6-4-2/h3-29H2,1-2H3. The van der Waals surface area contributed by atoms with Crippen molar-refractivity contribution >= 4 is 0 Å². The Morgan fingerprint density at radius 1 is 0.258 bits per heavy atom. The summed E-state index contributed by atoms with van der Waals surface area (Å²) >= 11 is 0. The number of ether oxygens (including phenoxy) is 2. The Kier molecular flexibility index (Phi) is 29.8. The minimum Gasteiger partial charge on any atom is -0.381 e. The van der Waals surface area contributed by atoms with E-state index < -0.39 is 0 Å². The number of unbranched alkanes of at least 4 members (excludes halogenated alkanes) is 20. The van der Waals surface area contributed by atoms with Gasteiger partial charge in [0.15, 0.2) is 0 Å². The van der Waals surface area contributed by atoms with Gasteiger partial charge in [-0.1, -0.05) is 136 Å². The van der Waals surface area contributed by atoms with Gasteiger partial charge in [0.1, 0.15) is 0 Å². The molecule has 0 saturated carbocycles. The number of rotatable bonds is 28. The molecule has 0 spiro atoms. The zero-order chi connectivity index (χ0) is 22.5. The van der Waals surface area contributed by atoms with Gasteiger partial charge in [-0.15, -0.1) is 0 Å². The molecule has 0 bridgehead atoms. The second kappa shape index (κ2) is 29.9. The molecule has 0 unspecified atom stereocenters. The lowest BCUT2D eigenvalue weighted by Gasteiger charge is -2.06. The molecule has 0 amide bonds. The van der Waals surface area contributed by atoms with Crippen molar-refractivity contribution in [1.29, 1.82) is 0 Å². The van der Waals surface area contributed by atoms with Crippen LogP contribution in [-0.4, -0.2) is 26.4 Å². The van der Waals surface area contributed by atoms with Crippen LogP contribution in [0.4, 0.5) is 0 Å². The molecule has 0 aromatic heterocycles. The van der Waals surface area contributed by atoms with E-state index in [0.717, 1.165) is 26.4 Å². The summed E-state index contributed by atoms with van der Waals surface area (Å²) in [5, 5.41) is 0. The first-order valence-electron chi connectivity index (χ1n) is 14.6. The van der Waals surface area contributed by atoms with E-state index in [1.165, 1.54) is 148 Å². The van der Waals surface area contributed by atoms with Crippen LogP contribution in [0.3, 0.4) is 0 Å². The Morgan fingerprint density at radius 2 is 0.452 bits per heavy atom. The highest BCUT2D eigenvalue weighted by Crippen LogP contribution is 2.11. The fraction of sp³-hybridized carbons (Fsp3) is 1.00. The first kappa shape index (κ1) is 30.9. The van der Waals surface area contributed by atoms with Gasteiger partial charge < -0.3 is 9.47 Å². The van der Waals surface area contributed by atoms with E-state index in [0.29, 0.717) is 0 Å². The molecule has 31 heavy (non-hydrogen) atoms. The molecule has 2 heteroatoms. The highest BCUT2D eigenvalue weighted by Gasteiger charge is 1.96. The molecule has 0 rings (SSSR count). The molecular formula is C29H60O2. The third-order valence-electron chi connectivity index (χ3n) is 6.36. The molecule has 0 heterocycles. The molecule has 0 fully saturated rings. The second-order valence-electron chi connectivity index (χ2n) is 9.65. The van der Waals surface area contributed by atoms with E-state index in [1.807, 2.05) is 0 Å². The maximum absolute atomic E-state index is 5.79. The second-order valence-corrected chi connectivity index (χ2v) is 9.65. The lowest BCUT2D eigenvalue weighted by molar-refractivity contribution is 0.121. The van der Waals surface area contributed by atoms with E-state index in [-0.39, 0.29) is 0 Å². The monoisotopic (exact) mass is 440 g/mol. The molecule has 0 saturated heterocycles. The van der Waals surface area contributed by atoms with Gasteiger partial charge in [-0.2, -0.15) is 0 Å². The number of hydrogen-bond acceptors (Lipinski definition) is 2. The summed E-state index contributed by atoms with van der Waals surface area (Å²) in [5.41, 5.74) is 0. The van der Waals surface area contributed by atoms with Gasteiger partial charge in [0.05, 0.1) is 0 Å². The van der Waals surface area contributed by atoms with Crippen LogP contribution in [-0.2, 0) is 9.47 Å². The van der Waals surface area contributed by atoms with Crippen LogP contribution in [0.1, 0.15) is 162 Å². The van der Waals surface area contributed by atoms with E-state index in [1.54, 1.807) is 0 Å². The van der Waals surface area contributed by atoms with Crippen LogP contribution in [0.5, 0.6) is 0 Å². The van der Waals surface area contributed by atoms with Crippen LogP contribution in [0.2, 0.25) is 0 Å². The summed E-state index contributed by atoms with van der Waals surface area (Å²) in [6.45, 7) is 8.45. The SMILES string of the molecule is CCCCCCCCCCCOCCCCCCCOCCCCCCCCCCC. The molecule has 0 aromatic rings. The Labute approximate surface area is 197 Å². The predicted octanol–water partition coefficient (Wildman–Crippen LogP) is 10.0. The summed E-state index contributed by atoms with van der Waals surface area (Å²) in [6, 6.07) is 0. The minimum atomic E-state index is 0.964. The summed E-state index contributed by atoms with van der Waals surface area (Å²) < 4.78 is 11.6. The summed E-state index contributed by atoms with van der Waals surface area (Å²) in [5.74, 6) is 0.